The summed E-state index contributed by atoms with van der Waals surface area (Å²) in [6.45, 7) is 0. The Hall–Kier alpha value is -0.650. The summed E-state index contributed by atoms with van der Waals surface area (Å²) in [7, 11) is 1.86. The fourth-order valence-electron chi connectivity index (χ4n) is 1.26. The Bertz CT molecular complexity index is 561. The molecule has 0 atom stereocenters. The molecule has 1 N–H and O–H groups in total. The summed E-state index contributed by atoms with van der Waals surface area (Å²) >= 11 is 14.4. The van der Waals surface area contributed by atoms with Crippen LogP contribution >= 0.6 is 39.7 Å². The second kappa shape index (κ2) is 4.08. The Morgan fingerprint density at radius 2 is 2.27 bits per heavy atom. The van der Waals surface area contributed by atoms with Crippen LogP contribution in [0.3, 0.4) is 0 Å². The van der Waals surface area contributed by atoms with E-state index in [1.165, 1.54) is 0 Å². The average Bonchev–Trinajstić information content (AvgIpc) is 2.49. The monoisotopic (exact) mass is 303 g/mol. The van der Waals surface area contributed by atoms with Gasteiger partial charge >= 0.3 is 0 Å². The molecule has 0 radical (unpaired) electrons. The van der Waals surface area contributed by atoms with Crippen LogP contribution in [0.5, 0.6) is 0 Å². The first-order valence-electron chi connectivity index (χ1n) is 4.16. The average molecular weight is 305 g/mol. The molecule has 15 heavy (non-hydrogen) atoms. The van der Waals surface area contributed by atoms with Gasteiger partial charge in [-0.3, -0.25) is 5.10 Å². The molecule has 1 aromatic carbocycles. The molecule has 1 aromatic heterocycles. The van der Waals surface area contributed by atoms with Crippen molar-refractivity contribution < 1.29 is 0 Å². The number of aromatic nitrogens is 3. The Balaban J connectivity index is 2.64. The molecule has 0 aliphatic rings. The lowest BCUT2D eigenvalue weighted by Crippen LogP contribution is -1.93. The molecule has 0 fully saturated rings. The highest BCUT2D eigenvalue weighted by Gasteiger charge is 2.09. The van der Waals surface area contributed by atoms with Gasteiger partial charge < -0.3 is 4.57 Å². The fraction of sp³-hybridized carbons (Fsp3) is 0.111. The Morgan fingerprint density at radius 3 is 2.80 bits per heavy atom. The van der Waals surface area contributed by atoms with Crippen molar-refractivity contribution >= 4 is 39.7 Å². The highest BCUT2D eigenvalue weighted by molar-refractivity contribution is 9.10. The number of nitrogens with zero attached hydrogens (tertiary/aromatic N) is 2. The summed E-state index contributed by atoms with van der Waals surface area (Å²) in [4.78, 5) is 0. The molecule has 0 unspecified atom stereocenters. The molecule has 78 valence electrons. The molecule has 0 aliphatic heterocycles. The number of H-pyrrole nitrogens is 1. The van der Waals surface area contributed by atoms with Crippen LogP contribution in [0, 0.1) is 4.77 Å². The molecular weight excluding hydrogens is 298 g/mol. The number of benzene rings is 1. The molecular formula is C9H7BrClN3S. The van der Waals surface area contributed by atoms with E-state index in [9.17, 15) is 0 Å². The summed E-state index contributed by atoms with van der Waals surface area (Å²) in [5, 5.41) is 7.57. The van der Waals surface area contributed by atoms with Crippen LogP contribution in [0.15, 0.2) is 22.7 Å². The minimum atomic E-state index is 0.590. The van der Waals surface area contributed by atoms with Gasteiger partial charge in [0.1, 0.15) is 0 Å². The normalized spacial score (nSPS) is 10.6. The Labute approximate surface area is 105 Å². The van der Waals surface area contributed by atoms with Gasteiger partial charge in [0.25, 0.3) is 0 Å². The molecule has 0 spiro atoms. The van der Waals surface area contributed by atoms with E-state index in [4.69, 9.17) is 23.8 Å². The molecule has 2 rings (SSSR count). The number of nitrogens with one attached hydrogen (secondary N) is 1. The number of hydrogen-bond acceptors (Lipinski definition) is 2. The Kier molecular flexibility index (Phi) is 2.95. The predicted octanol–water partition coefficient (Wildman–Crippen LogP) is 3.56. The van der Waals surface area contributed by atoms with Gasteiger partial charge in [0.05, 0.1) is 0 Å². The van der Waals surface area contributed by atoms with Gasteiger partial charge in [-0.1, -0.05) is 11.6 Å². The number of hydrogen-bond donors (Lipinski definition) is 1. The third-order valence-corrected chi connectivity index (χ3v) is 3.31. The van der Waals surface area contributed by atoms with Crippen molar-refractivity contribution in [3.05, 3.63) is 32.5 Å². The van der Waals surface area contributed by atoms with E-state index in [1.54, 1.807) is 0 Å². The van der Waals surface area contributed by atoms with E-state index in [0.29, 0.717) is 9.79 Å². The lowest BCUT2D eigenvalue weighted by molar-refractivity contribution is 0.901. The van der Waals surface area contributed by atoms with E-state index in [0.717, 1.165) is 15.9 Å². The minimum absolute atomic E-state index is 0.590. The number of rotatable bonds is 1. The van der Waals surface area contributed by atoms with Gasteiger partial charge in [-0.05, 0) is 46.3 Å². The standard InChI is InChI=1S/C9H7BrClN3S/c1-14-8(12-13-9(14)15)6-3-2-5(11)4-7(6)10/h2-4H,1H3,(H,13,15). The van der Waals surface area contributed by atoms with Crippen LogP contribution in [0.25, 0.3) is 11.4 Å². The minimum Gasteiger partial charge on any atom is -0.303 e. The van der Waals surface area contributed by atoms with E-state index in [2.05, 4.69) is 26.1 Å². The van der Waals surface area contributed by atoms with Crippen molar-refractivity contribution in [2.24, 2.45) is 7.05 Å². The third-order valence-electron chi connectivity index (χ3n) is 2.05. The molecule has 0 amide bonds. The molecule has 6 heteroatoms. The van der Waals surface area contributed by atoms with Gasteiger partial charge in [-0.15, -0.1) is 0 Å². The van der Waals surface area contributed by atoms with Crippen molar-refractivity contribution in [2.75, 3.05) is 0 Å². The zero-order valence-corrected chi connectivity index (χ0v) is 10.9. The largest absolute Gasteiger partial charge is 0.303 e. The van der Waals surface area contributed by atoms with Crippen molar-refractivity contribution in [3.8, 4) is 11.4 Å². The smallest absolute Gasteiger partial charge is 0.195 e. The quantitative estimate of drug-likeness (QED) is 0.817. The molecule has 0 aliphatic carbocycles. The van der Waals surface area contributed by atoms with Gasteiger partial charge in [0.15, 0.2) is 10.6 Å². The van der Waals surface area contributed by atoms with Crippen LogP contribution in [-0.4, -0.2) is 14.8 Å². The van der Waals surface area contributed by atoms with E-state index < -0.39 is 0 Å². The Morgan fingerprint density at radius 1 is 1.53 bits per heavy atom. The van der Waals surface area contributed by atoms with E-state index in [-0.39, 0.29) is 0 Å². The number of aromatic amines is 1. The van der Waals surface area contributed by atoms with Gasteiger partial charge in [0.2, 0.25) is 0 Å². The second-order valence-electron chi connectivity index (χ2n) is 3.04. The van der Waals surface area contributed by atoms with Crippen molar-refractivity contribution in [2.45, 2.75) is 0 Å². The van der Waals surface area contributed by atoms with E-state index >= 15 is 0 Å². The maximum atomic E-state index is 5.86. The molecule has 0 saturated heterocycles. The van der Waals surface area contributed by atoms with Crippen LogP contribution < -0.4 is 0 Å². The van der Waals surface area contributed by atoms with Gasteiger partial charge in [-0.25, -0.2) is 0 Å². The summed E-state index contributed by atoms with van der Waals surface area (Å²) in [5.41, 5.74) is 0.953. The molecule has 1 heterocycles. The van der Waals surface area contributed by atoms with Crippen molar-refractivity contribution in [1.82, 2.24) is 14.8 Å². The third kappa shape index (κ3) is 2.00. The lowest BCUT2D eigenvalue weighted by Gasteiger charge is -2.03. The maximum Gasteiger partial charge on any atom is 0.195 e. The maximum absolute atomic E-state index is 5.86. The fourth-order valence-corrected chi connectivity index (χ4v) is 2.25. The van der Waals surface area contributed by atoms with Crippen molar-refractivity contribution in [1.29, 1.82) is 0 Å². The first kappa shape index (κ1) is 10.9. The van der Waals surface area contributed by atoms with E-state index in [1.807, 2.05) is 29.8 Å². The van der Waals surface area contributed by atoms with Gasteiger partial charge in [0, 0.05) is 22.1 Å². The SMILES string of the molecule is Cn1c(-c2ccc(Cl)cc2Br)n[nH]c1=S. The highest BCUT2D eigenvalue weighted by atomic mass is 79.9. The van der Waals surface area contributed by atoms with Gasteiger partial charge in [-0.2, -0.15) is 5.10 Å². The lowest BCUT2D eigenvalue weighted by atomic mass is 10.2. The summed E-state index contributed by atoms with van der Waals surface area (Å²) in [6, 6.07) is 5.55. The highest BCUT2D eigenvalue weighted by Crippen LogP contribution is 2.28. The zero-order chi connectivity index (χ0) is 11.0. The first-order chi connectivity index (χ1) is 7.09. The molecule has 2 aromatic rings. The summed E-state index contributed by atoms with van der Waals surface area (Å²) < 4.78 is 3.29. The number of halogens is 2. The summed E-state index contributed by atoms with van der Waals surface area (Å²) in [6.07, 6.45) is 0. The zero-order valence-electron chi connectivity index (χ0n) is 7.79. The van der Waals surface area contributed by atoms with Crippen molar-refractivity contribution in [3.63, 3.8) is 0 Å². The summed E-state index contributed by atoms with van der Waals surface area (Å²) in [5.74, 6) is 0.781. The first-order valence-corrected chi connectivity index (χ1v) is 5.74. The second-order valence-corrected chi connectivity index (χ2v) is 4.71. The molecule has 3 nitrogen and oxygen atoms in total. The topological polar surface area (TPSA) is 33.6 Å². The predicted molar refractivity (Wildman–Crippen MR) is 66.5 cm³/mol. The molecule has 0 saturated carbocycles. The molecule has 0 bridgehead atoms. The van der Waals surface area contributed by atoms with Crippen LogP contribution in [0.1, 0.15) is 0 Å². The van der Waals surface area contributed by atoms with Crippen LogP contribution in [0.4, 0.5) is 0 Å². The van der Waals surface area contributed by atoms with Crippen LogP contribution in [-0.2, 0) is 7.05 Å². The van der Waals surface area contributed by atoms with Crippen LogP contribution in [0.2, 0.25) is 5.02 Å².